The molecule has 0 bridgehead atoms. The number of methoxy groups -OCH3 is 1. The maximum atomic E-state index is 5.28. The van der Waals surface area contributed by atoms with Crippen LogP contribution in [0.4, 0.5) is 5.95 Å². The molecule has 0 saturated heterocycles. The molecule has 0 aromatic carbocycles. The molecule has 1 atom stereocenters. The Balaban J connectivity index is 2.05. The van der Waals surface area contributed by atoms with Gasteiger partial charge in [0.05, 0.1) is 12.6 Å². The summed E-state index contributed by atoms with van der Waals surface area (Å²) in [5.74, 6) is 1.52. The van der Waals surface area contributed by atoms with Crippen molar-refractivity contribution < 1.29 is 4.74 Å². The lowest BCUT2D eigenvalue weighted by atomic mass is 10.1. The summed E-state index contributed by atoms with van der Waals surface area (Å²) in [5, 5.41) is 3.53. The maximum Gasteiger partial charge on any atom is 0.203 e. The smallest absolute Gasteiger partial charge is 0.203 e. The lowest BCUT2D eigenvalue weighted by Gasteiger charge is -2.24. The molecule has 18 heavy (non-hydrogen) atoms. The van der Waals surface area contributed by atoms with Crippen molar-refractivity contribution in [2.75, 3.05) is 19.0 Å². The molecule has 1 aromatic rings. The third kappa shape index (κ3) is 3.05. The zero-order valence-electron chi connectivity index (χ0n) is 11.7. The Bertz CT molecular complexity index is 356. The fourth-order valence-corrected chi connectivity index (χ4v) is 2.65. The van der Waals surface area contributed by atoms with E-state index in [1.54, 1.807) is 7.11 Å². The summed E-state index contributed by atoms with van der Waals surface area (Å²) in [7, 11) is 1.75. The van der Waals surface area contributed by atoms with Crippen LogP contribution in [0.15, 0.2) is 12.4 Å². The van der Waals surface area contributed by atoms with E-state index in [1.165, 1.54) is 25.7 Å². The van der Waals surface area contributed by atoms with E-state index in [-0.39, 0.29) is 0 Å². The molecule has 0 aliphatic heterocycles. The molecule has 0 spiro atoms. The minimum atomic E-state index is 0.317. The molecular weight excluding hydrogens is 226 g/mol. The first-order valence-electron chi connectivity index (χ1n) is 7.00. The van der Waals surface area contributed by atoms with Crippen LogP contribution in [0.1, 0.15) is 45.6 Å². The van der Waals surface area contributed by atoms with Gasteiger partial charge in [0, 0.05) is 25.5 Å². The Kier molecular flexibility index (Phi) is 4.64. The number of ether oxygens (including phenoxy) is 1. The molecule has 1 heterocycles. The number of hydrogen-bond donors (Lipinski definition) is 1. The van der Waals surface area contributed by atoms with Gasteiger partial charge in [0.15, 0.2) is 0 Å². The van der Waals surface area contributed by atoms with Crippen LogP contribution in [0.5, 0.6) is 0 Å². The highest BCUT2D eigenvalue weighted by Gasteiger charge is 2.21. The zero-order valence-corrected chi connectivity index (χ0v) is 11.7. The van der Waals surface area contributed by atoms with E-state index >= 15 is 0 Å². The van der Waals surface area contributed by atoms with Crippen LogP contribution in [-0.4, -0.2) is 29.3 Å². The molecule has 102 valence electrons. The number of aromatic nitrogens is 2. The Hall–Kier alpha value is -1.03. The lowest BCUT2D eigenvalue weighted by Crippen LogP contribution is -2.32. The molecular formula is C14H25N3O. The van der Waals surface area contributed by atoms with E-state index in [4.69, 9.17) is 4.74 Å². The molecule has 4 nitrogen and oxygen atoms in total. The molecule has 1 saturated carbocycles. The lowest BCUT2D eigenvalue weighted by molar-refractivity contribution is 0.170. The van der Waals surface area contributed by atoms with Crippen molar-refractivity contribution in [2.24, 2.45) is 5.92 Å². The molecule has 4 heteroatoms. The van der Waals surface area contributed by atoms with E-state index in [0.717, 1.165) is 12.6 Å². The zero-order chi connectivity index (χ0) is 13.0. The van der Waals surface area contributed by atoms with Gasteiger partial charge in [-0.2, -0.15) is 0 Å². The van der Waals surface area contributed by atoms with E-state index in [9.17, 15) is 0 Å². The van der Waals surface area contributed by atoms with Gasteiger partial charge in [-0.1, -0.05) is 26.7 Å². The topological polar surface area (TPSA) is 39.1 Å². The molecule has 1 N–H and O–H groups in total. The molecule has 0 amide bonds. The second kappa shape index (κ2) is 6.23. The predicted octanol–water partition coefficient (Wildman–Crippen LogP) is 3.08. The van der Waals surface area contributed by atoms with Crippen molar-refractivity contribution in [1.82, 2.24) is 9.55 Å². The Labute approximate surface area is 110 Å². The van der Waals surface area contributed by atoms with Gasteiger partial charge in [-0.15, -0.1) is 0 Å². The van der Waals surface area contributed by atoms with Crippen LogP contribution in [0, 0.1) is 5.92 Å². The van der Waals surface area contributed by atoms with Gasteiger partial charge in [-0.25, -0.2) is 4.98 Å². The van der Waals surface area contributed by atoms with Crippen molar-refractivity contribution in [3.05, 3.63) is 12.4 Å². The first-order valence-corrected chi connectivity index (χ1v) is 7.00. The van der Waals surface area contributed by atoms with Crippen molar-refractivity contribution in [3.8, 4) is 0 Å². The largest absolute Gasteiger partial charge is 0.383 e. The predicted molar refractivity (Wildman–Crippen MR) is 73.9 cm³/mol. The fourth-order valence-electron chi connectivity index (χ4n) is 2.65. The minimum Gasteiger partial charge on any atom is -0.383 e. The molecule has 1 aliphatic rings. The summed E-state index contributed by atoms with van der Waals surface area (Å²) in [6, 6.07) is 0.947. The van der Waals surface area contributed by atoms with Crippen molar-refractivity contribution >= 4 is 5.95 Å². The number of nitrogens with zero attached hydrogens (tertiary/aromatic N) is 2. The number of imidazole rings is 1. The Morgan fingerprint density at radius 1 is 1.44 bits per heavy atom. The summed E-state index contributed by atoms with van der Waals surface area (Å²) in [6.45, 7) is 5.13. The second-order valence-corrected chi connectivity index (χ2v) is 5.55. The van der Waals surface area contributed by atoms with E-state index in [0.29, 0.717) is 18.0 Å². The van der Waals surface area contributed by atoms with Gasteiger partial charge in [-0.05, 0) is 18.8 Å². The van der Waals surface area contributed by atoms with Crippen LogP contribution >= 0.6 is 0 Å². The second-order valence-electron chi connectivity index (χ2n) is 5.55. The number of nitrogens with one attached hydrogen (secondary N) is 1. The maximum absolute atomic E-state index is 5.28. The highest BCUT2D eigenvalue weighted by atomic mass is 16.5. The summed E-state index contributed by atoms with van der Waals surface area (Å²) in [4.78, 5) is 4.46. The van der Waals surface area contributed by atoms with Crippen LogP contribution in [0.25, 0.3) is 0 Å². The third-order valence-corrected chi connectivity index (χ3v) is 3.85. The van der Waals surface area contributed by atoms with Gasteiger partial charge >= 0.3 is 0 Å². The summed E-state index contributed by atoms with van der Waals surface area (Å²) in [6.07, 6.45) is 9.23. The molecule has 1 aromatic heterocycles. The molecule has 1 fully saturated rings. The number of rotatable bonds is 6. The van der Waals surface area contributed by atoms with Crippen LogP contribution < -0.4 is 5.32 Å². The SMILES string of the molecule is COCC(Nc1nccn1C1CCCC1)C(C)C. The Morgan fingerprint density at radius 2 is 2.17 bits per heavy atom. The van der Waals surface area contributed by atoms with E-state index < -0.39 is 0 Å². The summed E-state index contributed by atoms with van der Waals surface area (Å²) >= 11 is 0. The van der Waals surface area contributed by atoms with Crippen molar-refractivity contribution in [1.29, 1.82) is 0 Å². The van der Waals surface area contributed by atoms with E-state index in [1.807, 2.05) is 6.20 Å². The monoisotopic (exact) mass is 251 g/mol. The van der Waals surface area contributed by atoms with Gasteiger partial charge in [0.2, 0.25) is 5.95 Å². The van der Waals surface area contributed by atoms with Crippen molar-refractivity contribution in [3.63, 3.8) is 0 Å². The molecule has 1 aliphatic carbocycles. The highest BCUT2D eigenvalue weighted by Crippen LogP contribution is 2.31. The Morgan fingerprint density at radius 3 is 2.78 bits per heavy atom. The average Bonchev–Trinajstić information content (AvgIpc) is 2.97. The summed E-state index contributed by atoms with van der Waals surface area (Å²) < 4.78 is 7.58. The molecule has 1 unspecified atom stereocenters. The number of anilines is 1. The van der Waals surface area contributed by atoms with E-state index in [2.05, 4.69) is 34.9 Å². The van der Waals surface area contributed by atoms with Gasteiger partial charge in [0.25, 0.3) is 0 Å². The first-order chi connectivity index (χ1) is 8.72. The fraction of sp³-hybridized carbons (Fsp3) is 0.786. The van der Waals surface area contributed by atoms with Crippen LogP contribution in [0.2, 0.25) is 0 Å². The first kappa shape index (κ1) is 13.4. The van der Waals surface area contributed by atoms with Crippen LogP contribution in [-0.2, 0) is 4.74 Å². The molecule has 2 rings (SSSR count). The molecule has 0 radical (unpaired) electrons. The third-order valence-electron chi connectivity index (χ3n) is 3.85. The quantitative estimate of drug-likeness (QED) is 0.844. The minimum absolute atomic E-state index is 0.317. The number of hydrogen-bond acceptors (Lipinski definition) is 3. The van der Waals surface area contributed by atoms with Crippen molar-refractivity contribution in [2.45, 2.75) is 51.6 Å². The standard InChI is InChI=1S/C14H25N3O/c1-11(2)13(10-18-3)16-14-15-8-9-17(14)12-6-4-5-7-12/h8-9,11-13H,4-7,10H2,1-3H3,(H,15,16). The van der Waals surface area contributed by atoms with Crippen LogP contribution in [0.3, 0.4) is 0 Å². The van der Waals surface area contributed by atoms with Gasteiger partial charge in [0.1, 0.15) is 0 Å². The van der Waals surface area contributed by atoms with Gasteiger partial charge < -0.3 is 14.6 Å². The normalized spacial score (nSPS) is 18.4. The summed E-state index contributed by atoms with van der Waals surface area (Å²) in [5.41, 5.74) is 0. The highest BCUT2D eigenvalue weighted by molar-refractivity contribution is 5.29. The van der Waals surface area contributed by atoms with Gasteiger partial charge in [-0.3, -0.25) is 0 Å². The average molecular weight is 251 g/mol.